The molecule has 0 saturated carbocycles. The highest BCUT2D eigenvalue weighted by Crippen LogP contribution is 2.12. The Kier molecular flexibility index (Phi) is 6.76. The fourth-order valence-electron chi connectivity index (χ4n) is 1.20. The number of rotatable bonds is 5. The van der Waals surface area contributed by atoms with Crippen LogP contribution in [0.25, 0.3) is 0 Å². The molecule has 0 aliphatic rings. The van der Waals surface area contributed by atoms with Gasteiger partial charge in [0.25, 0.3) is 0 Å². The number of ether oxygens (including phenoxy) is 1. The first-order valence-corrected chi connectivity index (χ1v) is 6.82. The predicted octanol–water partition coefficient (Wildman–Crippen LogP) is 2.62. The van der Waals surface area contributed by atoms with Crippen LogP contribution in [0.3, 0.4) is 0 Å². The zero-order valence-electron chi connectivity index (χ0n) is 13.6. The average Bonchev–Trinajstić information content (AvgIpc) is 2.22. The molecule has 20 heavy (non-hydrogen) atoms. The molecule has 2 N–H and O–H groups in total. The van der Waals surface area contributed by atoms with E-state index in [0.717, 1.165) is 5.57 Å². The lowest BCUT2D eigenvalue weighted by Crippen LogP contribution is -2.41. The molecule has 0 bridgehead atoms. The maximum absolute atomic E-state index is 11.6. The summed E-state index contributed by atoms with van der Waals surface area (Å²) in [5, 5.41) is 5.52. The van der Waals surface area contributed by atoms with Gasteiger partial charge >= 0.3 is 6.09 Å². The van der Waals surface area contributed by atoms with Gasteiger partial charge in [-0.15, -0.1) is 0 Å². The van der Waals surface area contributed by atoms with E-state index >= 15 is 0 Å². The monoisotopic (exact) mass is 284 g/mol. The Labute approximate surface area is 122 Å². The van der Waals surface area contributed by atoms with Crippen LogP contribution in [0, 0.1) is 5.41 Å². The van der Waals surface area contributed by atoms with Crippen LogP contribution in [0.5, 0.6) is 0 Å². The Bertz CT molecular complexity index is 362. The van der Waals surface area contributed by atoms with Gasteiger partial charge in [-0.25, -0.2) is 4.79 Å². The molecule has 2 amide bonds. The summed E-state index contributed by atoms with van der Waals surface area (Å²) in [5.41, 5.74) is 0.0482. The van der Waals surface area contributed by atoms with E-state index in [0.29, 0.717) is 13.0 Å². The topological polar surface area (TPSA) is 67.4 Å². The van der Waals surface area contributed by atoms with Crippen molar-refractivity contribution in [2.24, 2.45) is 5.41 Å². The van der Waals surface area contributed by atoms with Crippen LogP contribution in [0.15, 0.2) is 12.2 Å². The van der Waals surface area contributed by atoms with E-state index in [2.05, 4.69) is 17.2 Å². The van der Waals surface area contributed by atoms with Gasteiger partial charge in [0.2, 0.25) is 5.91 Å². The van der Waals surface area contributed by atoms with Gasteiger partial charge in [-0.1, -0.05) is 27.4 Å². The van der Waals surface area contributed by atoms with E-state index < -0.39 is 11.5 Å². The van der Waals surface area contributed by atoms with Gasteiger partial charge in [0.1, 0.15) is 6.61 Å². The molecule has 0 aromatic heterocycles. The second-order valence-corrected chi connectivity index (χ2v) is 6.96. The van der Waals surface area contributed by atoms with Crippen LogP contribution < -0.4 is 10.6 Å². The number of carbonyl (C=O) groups excluding carboxylic acids is 2. The smallest absolute Gasteiger partial charge is 0.407 e. The first-order chi connectivity index (χ1) is 8.92. The molecular weight excluding hydrogens is 256 g/mol. The molecule has 0 aliphatic heterocycles. The van der Waals surface area contributed by atoms with Gasteiger partial charge in [-0.05, 0) is 32.8 Å². The van der Waals surface area contributed by atoms with Crippen molar-refractivity contribution < 1.29 is 14.3 Å². The number of hydrogen-bond acceptors (Lipinski definition) is 3. The normalized spacial score (nSPS) is 11.7. The molecule has 0 fully saturated rings. The summed E-state index contributed by atoms with van der Waals surface area (Å²) >= 11 is 0. The van der Waals surface area contributed by atoms with Crippen LogP contribution in [0.1, 0.15) is 48.0 Å². The molecular formula is C15H28N2O3. The summed E-state index contributed by atoms with van der Waals surface area (Å²) < 4.78 is 5.04. The SMILES string of the molecule is C=C(CCNC(=O)C(C)(C)C)COC(=O)NC(C)(C)C. The molecule has 116 valence electrons. The molecule has 0 spiro atoms. The Hall–Kier alpha value is -1.52. The van der Waals surface area contributed by atoms with Crippen LogP contribution in [0.2, 0.25) is 0 Å². The molecule has 0 heterocycles. The molecule has 0 saturated heterocycles. The fraction of sp³-hybridized carbons (Fsp3) is 0.733. The van der Waals surface area contributed by atoms with Crippen molar-refractivity contribution in [1.82, 2.24) is 10.6 Å². The van der Waals surface area contributed by atoms with Gasteiger partial charge in [-0.3, -0.25) is 4.79 Å². The second-order valence-electron chi connectivity index (χ2n) is 6.96. The first kappa shape index (κ1) is 18.5. The minimum Gasteiger partial charge on any atom is -0.445 e. The lowest BCUT2D eigenvalue weighted by Gasteiger charge is -2.20. The van der Waals surface area contributed by atoms with Crippen LogP contribution in [0.4, 0.5) is 4.79 Å². The Morgan fingerprint density at radius 1 is 1.10 bits per heavy atom. The number of amides is 2. The highest BCUT2D eigenvalue weighted by Gasteiger charge is 2.20. The summed E-state index contributed by atoms with van der Waals surface area (Å²) in [7, 11) is 0. The molecule has 0 aromatic rings. The van der Waals surface area contributed by atoms with Gasteiger partial charge in [0, 0.05) is 17.5 Å². The maximum atomic E-state index is 11.6. The van der Waals surface area contributed by atoms with Gasteiger partial charge in [-0.2, -0.15) is 0 Å². The molecule has 0 rings (SSSR count). The summed E-state index contributed by atoms with van der Waals surface area (Å²) in [6, 6.07) is 0. The van der Waals surface area contributed by atoms with E-state index in [9.17, 15) is 9.59 Å². The Balaban J connectivity index is 3.86. The summed E-state index contributed by atoms with van der Waals surface area (Å²) in [6.45, 7) is 15.7. The lowest BCUT2D eigenvalue weighted by molar-refractivity contribution is -0.128. The third-order valence-corrected chi connectivity index (χ3v) is 2.33. The zero-order chi connectivity index (χ0) is 16.0. The summed E-state index contributed by atoms with van der Waals surface area (Å²) in [6.07, 6.45) is 0.127. The zero-order valence-corrected chi connectivity index (χ0v) is 13.6. The third kappa shape index (κ3) is 9.42. The van der Waals surface area contributed by atoms with Crippen molar-refractivity contribution in [3.05, 3.63) is 12.2 Å². The molecule has 0 unspecified atom stereocenters. The number of alkyl carbamates (subject to hydrolysis) is 1. The average molecular weight is 284 g/mol. The Morgan fingerprint density at radius 2 is 1.65 bits per heavy atom. The third-order valence-electron chi connectivity index (χ3n) is 2.33. The molecule has 0 aromatic carbocycles. The Morgan fingerprint density at radius 3 is 2.10 bits per heavy atom. The molecule has 0 atom stereocenters. The summed E-state index contributed by atoms with van der Waals surface area (Å²) in [5.74, 6) is -0.00306. The van der Waals surface area contributed by atoms with Gasteiger partial charge in [0.15, 0.2) is 0 Å². The second kappa shape index (κ2) is 7.31. The number of carbonyl (C=O) groups is 2. The van der Waals surface area contributed by atoms with E-state index in [-0.39, 0.29) is 18.1 Å². The highest BCUT2D eigenvalue weighted by atomic mass is 16.5. The van der Waals surface area contributed by atoms with Crippen LogP contribution in [-0.4, -0.2) is 30.7 Å². The first-order valence-electron chi connectivity index (χ1n) is 6.82. The van der Waals surface area contributed by atoms with Gasteiger partial charge < -0.3 is 15.4 Å². The van der Waals surface area contributed by atoms with Crippen molar-refractivity contribution in [2.45, 2.75) is 53.5 Å². The fourth-order valence-corrected chi connectivity index (χ4v) is 1.20. The predicted molar refractivity (Wildman–Crippen MR) is 80.5 cm³/mol. The minimum absolute atomic E-state index is 0.00306. The van der Waals surface area contributed by atoms with Crippen molar-refractivity contribution in [1.29, 1.82) is 0 Å². The number of hydrogen-bond donors (Lipinski definition) is 2. The van der Waals surface area contributed by atoms with Crippen LogP contribution in [-0.2, 0) is 9.53 Å². The van der Waals surface area contributed by atoms with E-state index in [4.69, 9.17) is 4.74 Å². The molecule has 0 aliphatic carbocycles. The van der Waals surface area contributed by atoms with E-state index in [1.54, 1.807) is 0 Å². The van der Waals surface area contributed by atoms with Crippen LogP contribution >= 0.6 is 0 Å². The number of nitrogens with one attached hydrogen (secondary N) is 2. The largest absolute Gasteiger partial charge is 0.445 e. The molecule has 5 nitrogen and oxygen atoms in total. The van der Waals surface area contributed by atoms with Crippen molar-refractivity contribution in [3.8, 4) is 0 Å². The van der Waals surface area contributed by atoms with Crippen molar-refractivity contribution >= 4 is 12.0 Å². The standard InChI is InChI=1S/C15H28N2O3/c1-11(8-9-16-12(18)14(2,3)4)10-20-13(19)17-15(5,6)7/h1,8-10H2,2-7H3,(H,16,18)(H,17,19). The van der Waals surface area contributed by atoms with Crippen molar-refractivity contribution in [3.63, 3.8) is 0 Å². The highest BCUT2D eigenvalue weighted by molar-refractivity contribution is 5.81. The lowest BCUT2D eigenvalue weighted by atomic mass is 9.96. The van der Waals surface area contributed by atoms with Crippen molar-refractivity contribution in [2.75, 3.05) is 13.2 Å². The van der Waals surface area contributed by atoms with E-state index in [1.165, 1.54) is 0 Å². The van der Waals surface area contributed by atoms with E-state index in [1.807, 2.05) is 41.5 Å². The summed E-state index contributed by atoms with van der Waals surface area (Å²) in [4.78, 5) is 23.1. The molecule has 5 heteroatoms. The maximum Gasteiger partial charge on any atom is 0.407 e. The minimum atomic E-state index is -0.461. The quantitative estimate of drug-likeness (QED) is 0.763. The van der Waals surface area contributed by atoms with Gasteiger partial charge in [0.05, 0.1) is 0 Å². The molecule has 0 radical (unpaired) electrons.